The van der Waals surface area contributed by atoms with Crippen molar-refractivity contribution in [3.63, 3.8) is 0 Å². The molecule has 1 amide bonds. The SMILES string of the molecule is Cn1cc([C@@H]2C[C@@H]2C(=O)N2CCC[C@H]2c2cccs2)cn1. The van der Waals surface area contributed by atoms with Crippen LogP contribution in [0.15, 0.2) is 29.9 Å². The topological polar surface area (TPSA) is 38.1 Å². The Kier molecular flexibility index (Phi) is 3.10. The van der Waals surface area contributed by atoms with Crippen LogP contribution in [0.5, 0.6) is 0 Å². The third kappa shape index (κ3) is 2.29. The van der Waals surface area contributed by atoms with Crippen molar-refractivity contribution in [1.29, 1.82) is 0 Å². The van der Waals surface area contributed by atoms with Crippen molar-refractivity contribution >= 4 is 17.2 Å². The van der Waals surface area contributed by atoms with E-state index in [1.54, 1.807) is 11.3 Å². The number of amides is 1. The lowest BCUT2D eigenvalue weighted by molar-refractivity contribution is -0.133. The van der Waals surface area contributed by atoms with E-state index in [9.17, 15) is 4.79 Å². The molecule has 0 unspecified atom stereocenters. The molecular weight excluding hydrogens is 282 g/mol. The predicted molar refractivity (Wildman–Crippen MR) is 82.1 cm³/mol. The van der Waals surface area contributed by atoms with Crippen LogP contribution in [0.3, 0.4) is 0 Å². The van der Waals surface area contributed by atoms with E-state index >= 15 is 0 Å². The summed E-state index contributed by atoms with van der Waals surface area (Å²) in [6.07, 6.45) is 7.16. The minimum Gasteiger partial charge on any atom is -0.335 e. The Bertz CT molecular complexity index is 648. The molecule has 4 nitrogen and oxygen atoms in total. The first-order valence-electron chi connectivity index (χ1n) is 7.56. The van der Waals surface area contributed by atoms with E-state index in [-0.39, 0.29) is 5.92 Å². The highest BCUT2D eigenvalue weighted by molar-refractivity contribution is 7.10. The standard InChI is InChI=1S/C16H19N3OS/c1-18-10-11(9-17-18)12-8-13(12)16(20)19-6-2-4-14(19)15-5-3-7-21-15/h3,5,7,9-10,12-14H,2,4,6,8H2,1H3/t12-,13-,14-/m0/s1. The summed E-state index contributed by atoms with van der Waals surface area (Å²) in [5.74, 6) is 0.908. The maximum atomic E-state index is 12.8. The van der Waals surface area contributed by atoms with Gasteiger partial charge in [0.15, 0.2) is 0 Å². The number of aromatic nitrogens is 2. The number of rotatable bonds is 3. The van der Waals surface area contributed by atoms with Crippen molar-refractivity contribution in [3.8, 4) is 0 Å². The quantitative estimate of drug-likeness (QED) is 0.874. The molecule has 0 bridgehead atoms. The molecule has 2 aromatic rings. The summed E-state index contributed by atoms with van der Waals surface area (Å²) in [6, 6.07) is 4.55. The van der Waals surface area contributed by atoms with E-state index in [2.05, 4.69) is 27.5 Å². The molecule has 1 aliphatic carbocycles. The fraction of sp³-hybridized carbons (Fsp3) is 0.500. The zero-order valence-corrected chi connectivity index (χ0v) is 12.9. The Labute approximate surface area is 128 Å². The lowest BCUT2D eigenvalue weighted by Crippen LogP contribution is -2.31. The minimum absolute atomic E-state index is 0.176. The average Bonchev–Trinajstić information content (AvgIpc) is 2.94. The monoisotopic (exact) mass is 301 g/mol. The average molecular weight is 301 g/mol. The van der Waals surface area contributed by atoms with Gasteiger partial charge in [0.2, 0.25) is 5.91 Å². The predicted octanol–water partition coefficient (Wildman–Crippen LogP) is 2.95. The minimum atomic E-state index is 0.176. The van der Waals surface area contributed by atoms with Gasteiger partial charge in [-0.3, -0.25) is 9.48 Å². The second kappa shape index (κ2) is 4.98. The Morgan fingerprint density at radius 3 is 3.10 bits per heavy atom. The Hall–Kier alpha value is -1.62. The third-order valence-corrected chi connectivity index (χ3v) is 5.64. The fourth-order valence-corrected chi connectivity index (χ4v) is 4.36. The van der Waals surface area contributed by atoms with Gasteiger partial charge in [0.1, 0.15) is 0 Å². The molecule has 1 saturated heterocycles. The van der Waals surface area contributed by atoms with E-state index < -0.39 is 0 Å². The van der Waals surface area contributed by atoms with Gasteiger partial charge in [-0.1, -0.05) is 6.07 Å². The van der Waals surface area contributed by atoms with Crippen LogP contribution in [0.4, 0.5) is 0 Å². The number of thiophene rings is 1. The molecule has 5 heteroatoms. The first-order valence-corrected chi connectivity index (χ1v) is 8.44. The number of aryl methyl sites for hydroxylation is 1. The van der Waals surface area contributed by atoms with Crippen LogP contribution in [0.2, 0.25) is 0 Å². The molecule has 3 atom stereocenters. The molecule has 0 radical (unpaired) electrons. The molecule has 0 N–H and O–H groups in total. The van der Waals surface area contributed by atoms with Gasteiger partial charge in [-0.2, -0.15) is 5.10 Å². The van der Waals surface area contributed by atoms with Crippen LogP contribution in [-0.2, 0) is 11.8 Å². The van der Waals surface area contributed by atoms with Gasteiger partial charge in [-0.15, -0.1) is 11.3 Å². The van der Waals surface area contributed by atoms with Crippen LogP contribution in [0, 0.1) is 5.92 Å². The number of nitrogens with zero attached hydrogens (tertiary/aromatic N) is 3. The highest BCUT2D eigenvalue weighted by Crippen LogP contribution is 2.50. The van der Waals surface area contributed by atoms with Gasteiger partial charge in [0.25, 0.3) is 0 Å². The zero-order chi connectivity index (χ0) is 14.4. The Balaban J connectivity index is 1.48. The van der Waals surface area contributed by atoms with Gasteiger partial charge in [0, 0.05) is 30.6 Å². The van der Waals surface area contributed by atoms with Crippen molar-refractivity contribution in [3.05, 3.63) is 40.3 Å². The van der Waals surface area contributed by atoms with Crippen LogP contribution < -0.4 is 0 Å². The summed E-state index contributed by atoms with van der Waals surface area (Å²) in [5, 5.41) is 6.32. The van der Waals surface area contributed by atoms with Gasteiger partial charge in [-0.05, 0) is 42.2 Å². The first-order chi connectivity index (χ1) is 10.2. The number of carbonyl (C=O) groups is 1. The normalized spacial score (nSPS) is 28.0. The Morgan fingerprint density at radius 1 is 1.48 bits per heavy atom. The summed E-state index contributed by atoms with van der Waals surface area (Å²) in [7, 11) is 1.93. The number of carbonyl (C=O) groups excluding carboxylic acids is 1. The number of hydrogen-bond acceptors (Lipinski definition) is 3. The van der Waals surface area contributed by atoms with Gasteiger partial charge < -0.3 is 4.90 Å². The second-order valence-corrected chi connectivity index (χ2v) is 7.08. The fourth-order valence-electron chi connectivity index (χ4n) is 3.49. The second-order valence-electron chi connectivity index (χ2n) is 6.10. The summed E-state index contributed by atoms with van der Waals surface area (Å²) < 4.78 is 1.82. The van der Waals surface area contributed by atoms with Crippen molar-refractivity contribution in [1.82, 2.24) is 14.7 Å². The molecule has 0 aromatic carbocycles. The van der Waals surface area contributed by atoms with E-state index in [1.165, 1.54) is 10.4 Å². The van der Waals surface area contributed by atoms with Crippen LogP contribution >= 0.6 is 11.3 Å². The molecule has 2 aromatic heterocycles. The molecule has 4 rings (SSSR count). The van der Waals surface area contributed by atoms with Gasteiger partial charge in [0.05, 0.1) is 12.2 Å². The zero-order valence-electron chi connectivity index (χ0n) is 12.1. The largest absolute Gasteiger partial charge is 0.335 e. The lowest BCUT2D eigenvalue weighted by Gasteiger charge is -2.24. The summed E-state index contributed by atoms with van der Waals surface area (Å²) >= 11 is 1.77. The summed E-state index contributed by atoms with van der Waals surface area (Å²) in [6.45, 7) is 0.914. The molecule has 0 spiro atoms. The molecule has 1 aliphatic heterocycles. The Morgan fingerprint density at radius 2 is 2.38 bits per heavy atom. The third-order valence-electron chi connectivity index (χ3n) is 4.67. The molecular formula is C16H19N3OS. The highest BCUT2D eigenvalue weighted by Gasteiger charge is 2.48. The number of likely N-dealkylation sites (tertiary alicyclic amines) is 1. The van der Waals surface area contributed by atoms with Gasteiger partial charge >= 0.3 is 0 Å². The van der Waals surface area contributed by atoms with Crippen LogP contribution in [0.1, 0.15) is 41.7 Å². The van der Waals surface area contributed by atoms with E-state index in [0.717, 1.165) is 25.8 Å². The van der Waals surface area contributed by atoms with Crippen molar-refractivity contribution in [2.75, 3.05) is 6.54 Å². The van der Waals surface area contributed by atoms with Crippen molar-refractivity contribution < 1.29 is 4.79 Å². The highest BCUT2D eigenvalue weighted by atomic mass is 32.1. The molecule has 3 heterocycles. The number of hydrogen-bond donors (Lipinski definition) is 0. The summed E-state index contributed by atoms with van der Waals surface area (Å²) in [5.41, 5.74) is 1.21. The molecule has 2 aliphatic rings. The van der Waals surface area contributed by atoms with Crippen LogP contribution in [0.25, 0.3) is 0 Å². The molecule has 1 saturated carbocycles. The smallest absolute Gasteiger partial charge is 0.226 e. The van der Waals surface area contributed by atoms with E-state index in [0.29, 0.717) is 17.9 Å². The molecule has 21 heavy (non-hydrogen) atoms. The van der Waals surface area contributed by atoms with Crippen molar-refractivity contribution in [2.45, 2.75) is 31.2 Å². The first kappa shape index (κ1) is 13.1. The van der Waals surface area contributed by atoms with E-state index in [4.69, 9.17) is 0 Å². The van der Waals surface area contributed by atoms with Crippen LogP contribution in [-0.4, -0.2) is 27.1 Å². The van der Waals surface area contributed by atoms with E-state index in [1.807, 2.05) is 24.1 Å². The van der Waals surface area contributed by atoms with Crippen molar-refractivity contribution in [2.24, 2.45) is 13.0 Å². The maximum absolute atomic E-state index is 12.8. The lowest BCUT2D eigenvalue weighted by atomic mass is 10.1. The molecule has 2 fully saturated rings. The maximum Gasteiger partial charge on any atom is 0.226 e. The van der Waals surface area contributed by atoms with Gasteiger partial charge in [-0.25, -0.2) is 0 Å². The molecule has 110 valence electrons. The summed E-state index contributed by atoms with van der Waals surface area (Å²) in [4.78, 5) is 16.3.